The Labute approximate surface area is 257 Å². The fourth-order valence-electron chi connectivity index (χ4n) is 4.96. The van der Waals surface area contributed by atoms with Gasteiger partial charge in [0.15, 0.2) is 6.29 Å². The summed E-state index contributed by atoms with van der Waals surface area (Å²) in [7, 11) is 0. The van der Waals surface area contributed by atoms with Crippen molar-refractivity contribution in [1.29, 1.82) is 0 Å². The summed E-state index contributed by atoms with van der Waals surface area (Å²) in [4.78, 5) is 34.0. The Bertz CT molecular complexity index is 1780. The minimum Gasteiger partial charge on any atom is -0.478 e. The van der Waals surface area contributed by atoms with Crippen LogP contribution in [0.3, 0.4) is 0 Å². The van der Waals surface area contributed by atoms with Gasteiger partial charge in [0.05, 0.1) is 41.6 Å². The maximum absolute atomic E-state index is 12.9. The van der Waals surface area contributed by atoms with Crippen molar-refractivity contribution in [2.45, 2.75) is 36.4 Å². The zero-order chi connectivity index (χ0) is 30.5. The molecule has 0 saturated carbocycles. The molecule has 2 heterocycles. The molecular weight excluding hydrogens is 578 g/mol. The van der Waals surface area contributed by atoms with E-state index >= 15 is 0 Å². The summed E-state index contributed by atoms with van der Waals surface area (Å²) in [5.41, 5.74) is 4.94. The molecule has 0 spiro atoms. The molecule has 10 heteroatoms. The van der Waals surface area contributed by atoms with Gasteiger partial charge in [-0.3, -0.25) is 9.78 Å². The molecular formula is C34H29N3O6S. The van der Waals surface area contributed by atoms with Gasteiger partial charge in [0.1, 0.15) is 5.69 Å². The number of aromatic carboxylic acids is 1. The van der Waals surface area contributed by atoms with E-state index in [2.05, 4.69) is 15.3 Å². The van der Waals surface area contributed by atoms with E-state index in [9.17, 15) is 19.8 Å². The van der Waals surface area contributed by atoms with E-state index in [0.717, 1.165) is 16.7 Å². The number of fused-ring (bicyclic) bond motifs is 1. The fourth-order valence-corrected chi connectivity index (χ4v) is 6.03. The number of para-hydroxylation sites is 2. The van der Waals surface area contributed by atoms with Gasteiger partial charge in [-0.15, -0.1) is 11.8 Å². The molecule has 3 atom stereocenters. The third kappa shape index (κ3) is 6.79. The zero-order valence-electron chi connectivity index (χ0n) is 23.5. The van der Waals surface area contributed by atoms with Crippen molar-refractivity contribution < 1.29 is 29.3 Å². The molecule has 1 aliphatic heterocycles. The van der Waals surface area contributed by atoms with E-state index in [0.29, 0.717) is 33.8 Å². The number of rotatable bonds is 9. The molecule has 3 N–H and O–H groups in total. The third-order valence-corrected chi connectivity index (χ3v) is 8.48. The Morgan fingerprint density at radius 3 is 2.32 bits per heavy atom. The zero-order valence-corrected chi connectivity index (χ0v) is 24.3. The number of carboxylic acid groups (broad SMARTS) is 1. The van der Waals surface area contributed by atoms with Crippen LogP contribution in [-0.2, 0) is 16.1 Å². The predicted molar refractivity (Wildman–Crippen MR) is 166 cm³/mol. The van der Waals surface area contributed by atoms with Crippen molar-refractivity contribution in [3.63, 3.8) is 0 Å². The number of aliphatic hydroxyl groups is 1. The number of carbonyl (C=O) groups is 2. The van der Waals surface area contributed by atoms with Gasteiger partial charge in [-0.05, 0) is 47.5 Å². The molecule has 1 amide bonds. The molecule has 0 unspecified atom stereocenters. The van der Waals surface area contributed by atoms with Gasteiger partial charge >= 0.3 is 5.97 Å². The van der Waals surface area contributed by atoms with E-state index < -0.39 is 12.3 Å². The summed E-state index contributed by atoms with van der Waals surface area (Å²) in [6.07, 6.45) is 0.804. The van der Waals surface area contributed by atoms with Gasteiger partial charge in [0.2, 0.25) is 0 Å². The second-order valence-electron chi connectivity index (χ2n) is 10.3. The number of thioether (sulfide) groups is 1. The van der Waals surface area contributed by atoms with E-state index in [-0.39, 0.29) is 36.0 Å². The molecule has 4 aromatic carbocycles. The minimum atomic E-state index is -0.972. The Morgan fingerprint density at radius 1 is 0.864 bits per heavy atom. The molecule has 0 radical (unpaired) electrons. The van der Waals surface area contributed by atoms with Crippen LogP contribution in [0.5, 0.6) is 0 Å². The van der Waals surface area contributed by atoms with E-state index in [1.165, 1.54) is 18.0 Å². The molecule has 44 heavy (non-hydrogen) atoms. The first kappa shape index (κ1) is 29.5. The first-order chi connectivity index (χ1) is 21.5. The van der Waals surface area contributed by atoms with Crippen LogP contribution in [0.15, 0.2) is 108 Å². The largest absolute Gasteiger partial charge is 0.478 e. The van der Waals surface area contributed by atoms with Gasteiger partial charge < -0.3 is 25.0 Å². The van der Waals surface area contributed by atoms with Crippen molar-refractivity contribution in [2.24, 2.45) is 0 Å². The Balaban J connectivity index is 1.18. The summed E-state index contributed by atoms with van der Waals surface area (Å²) < 4.78 is 12.8. The number of hydrogen-bond donors (Lipinski definition) is 3. The van der Waals surface area contributed by atoms with Crippen LogP contribution in [0.4, 0.5) is 5.69 Å². The molecule has 222 valence electrons. The second-order valence-corrected chi connectivity index (χ2v) is 11.3. The number of anilines is 1. The summed E-state index contributed by atoms with van der Waals surface area (Å²) in [6.45, 7) is -0.0455. The number of ether oxygens (including phenoxy) is 2. The quantitative estimate of drug-likeness (QED) is 0.163. The molecule has 9 nitrogen and oxygen atoms in total. The van der Waals surface area contributed by atoms with Gasteiger partial charge in [-0.1, -0.05) is 60.7 Å². The number of carbonyl (C=O) groups excluding carboxylic acids is 1. The van der Waals surface area contributed by atoms with Crippen molar-refractivity contribution in [3.8, 4) is 0 Å². The van der Waals surface area contributed by atoms with Crippen LogP contribution >= 0.6 is 11.8 Å². The molecule has 1 fully saturated rings. The van der Waals surface area contributed by atoms with Crippen molar-refractivity contribution in [3.05, 3.63) is 131 Å². The summed E-state index contributed by atoms with van der Waals surface area (Å²) in [5.74, 6) is -0.817. The minimum absolute atomic E-state index is 0.0455. The maximum atomic E-state index is 12.9. The Kier molecular flexibility index (Phi) is 8.94. The predicted octanol–water partition coefficient (Wildman–Crippen LogP) is 6.41. The Morgan fingerprint density at radius 2 is 1.57 bits per heavy atom. The van der Waals surface area contributed by atoms with Crippen LogP contribution in [0.1, 0.15) is 56.4 Å². The topological polar surface area (TPSA) is 131 Å². The van der Waals surface area contributed by atoms with E-state index in [1.807, 2.05) is 66.7 Å². The van der Waals surface area contributed by atoms with Crippen molar-refractivity contribution in [1.82, 2.24) is 9.97 Å². The number of aliphatic hydroxyl groups excluding tert-OH is 1. The first-order valence-corrected chi connectivity index (χ1v) is 15.0. The van der Waals surface area contributed by atoms with E-state index in [1.54, 1.807) is 30.3 Å². The highest BCUT2D eigenvalue weighted by Crippen LogP contribution is 2.40. The Hall–Kier alpha value is -4.61. The molecule has 1 aromatic heterocycles. The highest BCUT2D eigenvalue weighted by Gasteiger charge is 2.32. The summed E-state index contributed by atoms with van der Waals surface area (Å²) in [5, 5.41) is 21.9. The van der Waals surface area contributed by atoms with Gasteiger partial charge in [0.25, 0.3) is 5.91 Å². The lowest BCUT2D eigenvalue weighted by atomic mass is 10.0. The number of benzene rings is 4. The van der Waals surface area contributed by atoms with Crippen LogP contribution in [0, 0.1) is 0 Å². The van der Waals surface area contributed by atoms with Crippen LogP contribution < -0.4 is 5.32 Å². The smallest absolute Gasteiger partial charge is 0.336 e. The molecule has 1 saturated heterocycles. The average Bonchev–Trinajstić information content (AvgIpc) is 3.07. The van der Waals surface area contributed by atoms with Crippen LogP contribution in [0.25, 0.3) is 11.0 Å². The molecule has 6 rings (SSSR count). The number of aromatic nitrogens is 2. The standard InChI is InChI=1S/C34H29N3O6S/c38-19-21-9-11-22(12-10-21)30-17-25(20-44-31-8-4-1-5-26(31)33(40)41)42-34(43-30)23-13-15-24(16-14-23)36-32(39)29-18-35-27-6-2-3-7-28(27)37-29/h1-16,18,25,30,34,38H,17,19-20H2,(H,36,39)(H,40,41)/t25-,30+,34+/m1/s1. The molecule has 1 aliphatic rings. The van der Waals surface area contributed by atoms with Crippen molar-refractivity contribution >= 4 is 40.4 Å². The molecule has 0 aliphatic carbocycles. The van der Waals surface area contributed by atoms with Crippen molar-refractivity contribution in [2.75, 3.05) is 11.1 Å². The van der Waals surface area contributed by atoms with Gasteiger partial charge in [0, 0.05) is 28.3 Å². The fraction of sp³-hybridized carbons (Fsp3) is 0.176. The highest BCUT2D eigenvalue weighted by atomic mass is 32.2. The maximum Gasteiger partial charge on any atom is 0.336 e. The van der Waals surface area contributed by atoms with Gasteiger partial charge in [-0.25, -0.2) is 9.78 Å². The second kappa shape index (κ2) is 13.4. The highest BCUT2D eigenvalue weighted by molar-refractivity contribution is 7.99. The van der Waals surface area contributed by atoms with E-state index in [4.69, 9.17) is 9.47 Å². The lowest BCUT2D eigenvalue weighted by Gasteiger charge is -2.36. The molecule has 5 aromatic rings. The number of carboxylic acids is 1. The normalized spacial score (nSPS) is 18.2. The number of hydrogen-bond acceptors (Lipinski definition) is 8. The lowest BCUT2D eigenvalue weighted by molar-refractivity contribution is -0.245. The summed E-state index contributed by atoms with van der Waals surface area (Å²) in [6, 6.07) is 29.1. The average molecular weight is 608 g/mol. The monoisotopic (exact) mass is 607 g/mol. The number of amides is 1. The van der Waals surface area contributed by atoms with Gasteiger partial charge in [-0.2, -0.15) is 0 Å². The third-order valence-electron chi connectivity index (χ3n) is 7.28. The van der Waals surface area contributed by atoms with Crippen LogP contribution in [-0.4, -0.2) is 43.9 Å². The number of nitrogens with zero attached hydrogens (tertiary/aromatic N) is 2. The lowest BCUT2D eigenvalue weighted by Crippen LogP contribution is -2.31. The SMILES string of the molecule is O=C(Nc1ccc([C@H]2O[C@@H](CSc3ccccc3C(=O)O)C[C@@H](c3ccc(CO)cc3)O2)cc1)c1cnc2ccccc2n1. The summed E-state index contributed by atoms with van der Waals surface area (Å²) >= 11 is 1.44. The first-order valence-electron chi connectivity index (χ1n) is 14.1. The molecule has 0 bridgehead atoms. The van der Waals surface area contributed by atoms with Crippen LogP contribution in [0.2, 0.25) is 0 Å². The number of nitrogens with one attached hydrogen (secondary N) is 1.